The second-order valence-electron chi connectivity index (χ2n) is 4.95. The molecule has 0 bridgehead atoms. The van der Waals surface area contributed by atoms with Crippen LogP contribution in [0, 0.1) is 20.8 Å². The van der Waals surface area contributed by atoms with Gasteiger partial charge in [0.25, 0.3) is 0 Å². The van der Waals surface area contributed by atoms with Crippen LogP contribution >= 0.6 is 0 Å². The highest BCUT2D eigenvalue weighted by Gasteiger charge is 2.22. The molecule has 0 radical (unpaired) electrons. The highest BCUT2D eigenvalue weighted by Crippen LogP contribution is 2.22. The monoisotopic (exact) mass is 270 g/mol. The fourth-order valence-electron chi connectivity index (χ4n) is 2.40. The number of nitrogens with two attached hydrogens (primary N) is 1. The smallest absolute Gasteiger partial charge is 0.195 e. The van der Waals surface area contributed by atoms with Crippen molar-refractivity contribution >= 4 is 11.6 Å². The van der Waals surface area contributed by atoms with Crippen LogP contribution in [0.2, 0.25) is 0 Å². The molecule has 0 spiro atoms. The van der Waals surface area contributed by atoms with Crippen molar-refractivity contribution in [2.45, 2.75) is 20.8 Å². The lowest BCUT2D eigenvalue weighted by molar-refractivity contribution is 0.0996. The van der Waals surface area contributed by atoms with Gasteiger partial charge in [0, 0.05) is 16.8 Å². The number of rotatable bonds is 4. The van der Waals surface area contributed by atoms with E-state index in [-0.39, 0.29) is 18.1 Å². The van der Waals surface area contributed by atoms with E-state index in [9.17, 15) is 9.59 Å². The number of aromatic nitrogens is 1. The summed E-state index contributed by atoms with van der Waals surface area (Å²) in [4.78, 5) is 27.3. The summed E-state index contributed by atoms with van der Waals surface area (Å²) in [7, 11) is 0. The molecular formula is C16H18N2O2. The van der Waals surface area contributed by atoms with E-state index < -0.39 is 0 Å². The van der Waals surface area contributed by atoms with Gasteiger partial charge in [0.15, 0.2) is 11.6 Å². The second kappa shape index (κ2) is 5.43. The maximum absolute atomic E-state index is 12.6. The number of carbonyl (C=O) groups is 2. The number of aryl methyl sites for hydroxylation is 2. The first-order valence-corrected chi connectivity index (χ1v) is 6.49. The number of hydrogen-bond acceptors (Lipinski definition) is 3. The second-order valence-corrected chi connectivity index (χ2v) is 4.95. The minimum absolute atomic E-state index is 0.0706. The first-order valence-electron chi connectivity index (χ1n) is 6.49. The lowest BCUT2D eigenvalue weighted by atomic mass is 9.98. The van der Waals surface area contributed by atoms with Crippen molar-refractivity contribution in [2.75, 3.05) is 6.54 Å². The summed E-state index contributed by atoms with van der Waals surface area (Å²) in [5.74, 6) is -0.259. The Morgan fingerprint density at radius 1 is 1.20 bits per heavy atom. The van der Waals surface area contributed by atoms with Crippen LogP contribution in [0.3, 0.4) is 0 Å². The number of ketones is 2. The van der Waals surface area contributed by atoms with E-state index in [4.69, 9.17) is 5.73 Å². The van der Waals surface area contributed by atoms with Crippen LogP contribution in [0.15, 0.2) is 24.3 Å². The topological polar surface area (TPSA) is 76.0 Å². The summed E-state index contributed by atoms with van der Waals surface area (Å²) in [6, 6.07) is 7.42. The molecule has 104 valence electrons. The van der Waals surface area contributed by atoms with Crippen molar-refractivity contribution < 1.29 is 9.59 Å². The molecule has 3 N–H and O–H groups in total. The Morgan fingerprint density at radius 3 is 2.50 bits per heavy atom. The molecule has 1 heterocycles. The number of H-pyrrole nitrogens is 1. The number of aromatic amines is 1. The third-order valence-corrected chi connectivity index (χ3v) is 3.41. The van der Waals surface area contributed by atoms with Crippen molar-refractivity contribution in [3.8, 4) is 0 Å². The van der Waals surface area contributed by atoms with E-state index in [2.05, 4.69) is 4.98 Å². The number of Topliss-reactive ketones (excluding diaryl/α,β-unsaturated/α-hetero) is 1. The fourth-order valence-corrected chi connectivity index (χ4v) is 2.40. The number of benzene rings is 1. The minimum atomic E-state index is -0.186. The van der Waals surface area contributed by atoms with Crippen molar-refractivity contribution in [3.63, 3.8) is 0 Å². The van der Waals surface area contributed by atoms with E-state index in [0.717, 1.165) is 5.56 Å². The molecule has 20 heavy (non-hydrogen) atoms. The van der Waals surface area contributed by atoms with Gasteiger partial charge in [-0.2, -0.15) is 0 Å². The Morgan fingerprint density at radius 2 is 1.90 bits per heavy atom. The predicted molar refractivity (Wildman–Crippen MR) is 78.3 cm³/mol. The highest BCUT2D eigenvalue weighted by atomic mass is 16.1. The van der Waals surface area contributed by atoms with Crippen LogP contribution in [0.5, 0.6) is 0 Å². The minimum Gasteiger partial charge on any atom is -0.355 e. The Labute approximate surface area is 118 Å². The molecule has 0 amide bonds. The summed E-state index contributed by atoms with van der Waals surface area (Å²) < 4.78 is 0. The van der Waals surface area contributed by atoms with Gasteiger partial charge in [-0.15, -0.1) is 0 Å². The van der Waals surface area contributed by atoms with Gasteiger partial charge in [-0.1, -0.05) is 23.8 Å². The van der Waals surface area contributed by atoms with Gasteiger partial charge in [-0.25, -0.2) is 0 Å². The van der Waals surface area contributed by atoms with Gasteiger partial charge in [-0.3, -0.25) is 9.59 Å². The molecule has 0 fully saturated rings. The average Bonchev–Trinajstić information content (AvgIpc) is 2.72. The van der Waals surface area contributed by atoms with Crippen LogP contribution in [0.25, 0.3) is 0 Å². The summed E-state index contributed by atoms with van der Waals surface area (Å²) >= 11 is 0. The Kier molecular flexibility index (Phi) is 3.86. The van der Waals surface area contributed by atoms with E-state index in [1.807, 2.05) is 25.1 Å². The first kappa shape index (κ1) is 14.2. The molecule has 0 saturated carbocycles. The van der Waals surface area contributed by atoms with Crippen molar-refractivity contribution in [2.24, 2.45) is 5.73 Å². The molecule has 0 aliphatic rings. The third-order valence-electron chi connectivity index (χ3n) is 3.41. The quantitative estimate of drug-likeness (QED) is 0.837. The van der Waals surface area contributed by atoms with Gasteiger partial charge in [-0.05, 0) is 32.4 Å². The summed E-state index contributed by atoms with van der Waals surface area (Å²) in [5, 5.41) is 0. The first-order chi connectivity index (χ1) is 9.45. The van der Waals surface area contributed by atoms with Crippen LogP contribution in [-0.4, -0.2) is 23.1 Å². The van der Waals surface area contributed by atoms with Gasteiger partial charge in [0.05, 0.1) is 12.2 Å². The largest absolute Gasteiger partial charge is 0.355 e. The van der Waals surface area contributed by atoms with Crippen molar-refractivity contribution in [1.29, 1.82) is 0 Å². The van der Waals surface area contributed by atoms with Crippen LogP contribution in [-0.2, 0) is 0 Å². The van der Waals surface area contributed by atoms with E-state index in [1.54, 1.807) is 19.9 Å². The zero-order valence-corrected chi connectivity index (χ0v) is 11.9. The zero-order chi connectivity index (χ0) is 14.9. The Balaban J connectivity index is 2.51. The van der Waals surface area contributed by atoms with Crippen molar-refractivity contribution in [1.82, 2.24) is 4.98 Å². The number of hydrogen-bond donors (Lipinski definition) is 2. The van der Waals surface area contributed by atoms with Crippen LogP contribution < -0.4 is 5.73 Å². The molecule has 0 saturated heterocycles. The molecule has 0 atom stereocenters. The molecule has 2 rings (SSSR count). The summed E-state index contributed by atoms with van der Waals surface area (Å²) in [6.45, 7) is 5.44. The molecule has 0 aliphatic heterocycles. The molecule has 0 aliphatic carbocycles. The Hall–Kier alpha value is -2.20. The fraction of sp³-hybridized carbons (Fsp3) is 0.250. The molecular weight excluding hydrogens is 252 g/mol. The summed E-state index contributed by atoms with van der Waals surface area (Å²) in [6.07, 6.45) is 0. The van der Waals surface area contributed by atoms with E-state index in [1.165, 1.54) is 0 Å². The maximum Gasteiger partial charge on any atom is 0.195 e. The predicted octanol–water partition coefficient (Wildman–Crippen LogP) is 2.31. The average molecular weight is 270 g/mol. The Bertz CT molecular complexity index is 684. The van der Waals surface area contributed by atoms with Gasteiger partial charge >= 0.3 is 0 Å². The van der Waals surface area contributed by atoms with Gasteiger partial charge in [0.2, 0.25) is 0 Å². The molecule has 0 unspecified atom stereocenters. The summed E-state index contributed by atoms with van der Waals surface area (Å²) in [5.41, 5.74) is 9.40. The maximum atomic E-state index is 12.6. The standard InChI is InChI=1S/C16H18N2O2/c1-9-5-4-6-12(7-9)16(20)14-10(2)15(13(19)8-17)18-11(14)3/h4-7,18H,8,17H2,1-3H3. The lowest BCUT2D eigenvalue weighted by Gasteiger charge is -2.03. The highest BCUT2D eigenvalue weighted by molar-refractivity contribution is 6.12. The normalized spacial score (nSPS) is 10.6. The van der Waals surface area contributed by atoms with Gasteiger partial charge in [0.1, 0.15) is 0 Å². The van der Waals surface area contributed by atoms with Crippen LogP contribution in [0.4, 0.5) is 0 Å². The number of nitrogens with one attached hydrogen (secondary N) is 1. The number of carbonyl (C=O) groups excluding carboxylic acids is 2. The SMILES string of the molecule is Cc1cccc(C(=O)c2c(C)[nH]c(C(=O)CN)c2C)c1. The molecule has 1 aromatic heterocycles. The van der Waals surface area contributed by atoms with Crippen molar-refractivity contribution in [3.05, 3.63) is 57.9 Å². The van der Waals surface area contributed by atoms with E-state index in [0.29, 0.717) is 28.1 Å². The third kappa shape index (κ3) is 2.42. The van der Waals surface area contributed by atoms with Crippen LogP contribution in [0.1, 0.15) is 43.2 Å². The van der Waals surface area contributed by atoms with E-state index >= 15 is 0 Å². The molecule has 2 aromatic rings. The zero-order valence-electron chi connectivity index (χ0n) is 11.9. The molecule has 4 heteroatoms. The molecule has 1 aromatic carbocycles. The van der Waals surface area contributed by atoms with Gasteiger partial charge < -0.3 is 10.7 Å². The molecule has 4 nitrogen and oxygen atoms in total. The lowest BCUT2D eigenvalue weighted by Crippen LogP contribution is -2.15.